The third kappa shape index (κ3) is 5.90. The van der Waals surface area contributed by atoms with Crippen LogP contribution in [0.2, 0.25) is 0 Å². The van der Waals surface area contributed by atoms with Gasteiger partial charge in [-0.25, -0.2) is 0 Å². The highest BCUT2D eigenvalue weighted by molar-refractivity contribution is 5.28. The lowest BCUT2D eigenvalue weighted by molar-refractivity contribution is 0.0352. The van der Waals surface area contributed by atoms with Crippen LogP contribution in [0, 0.1) is 11.8 Å². The molecule has 0 amide bonds. The lowest BCUT2D eigenvalue weighted by atomic mass is 9.90. The molecule has 2 aromatic rings. The zero-order valence-electron chi connectivity index (χ0n) is 19.0. The Hall–Kier alpha value is -1.84. The molecule has 1 aliphatic heterocycles. The summed E-state index contributed by atoms with van der Waals surface area (Å²) in [6, 6.07) is 18.3. The summed E-state index contributed by atoms with van der Waals surface area (Å²) in [5, 5.41) is 20.9. The number of likely N-dealkylation sites (tertiary alicyclic amines) is 1. The second kappa shape index (κ2) is 10.2. The monoisotopic (exact) mass is 421 g/mol. The van der Waals surface area contributed by atoms with Gasteiger partial charge in [0.2, 0.25) is 0 Å². The first-order chi connectivity index (χ1) is 15.0. The van der Waals surface area contributed by atoms with Gasteiger partial charge in [-0.1, -0.05) is 75.1 Å². The van der Waals surface area contributed by atoms with Crippen LogP contribution in [0.3, 0.4) is 0 Å². The summed E-state index contributed by atoms with van der Waals surface area (Å²) >= 11 is 0. The van der Waals surface area contributed by atoms with Crippen LogP contribution < -0.4 is 0 Å². The molecule has 2 N–H and O–H groups in total. The van der Waals surface area contributed by atoms with E-state index in [1.807, 2.05) is 18.2 Å². The molecule has 1 saturated heterocycles. The maximum Gasteiger partial charge on any atom is 0.115 e. The summed E-state index contributed by atoms with van der Waals surface area (Å²) in [5.41, 5.74) is 2.08. The van der Waals surface area contributed by atoms with E-state index in [1.54, 1.807) is 0 Å². The molecule has 4 rings (SSSR count). The van der Waals surface area contributed by atoms with Crippen molar-refractivity contribution < 1.29 is 10.2 Å². The number of fused-ring (bicyclic) bond motifs is 1. The Morgan fingerprint density at radius 1 is 0.935 bits per heavy atom. The summed E-state index contributed by atoms with van der Waals surface area (Å²) in [5.74, 6) is 2.12. The first-order valence-corrected chi connectivity index (χ1v) is 12.3. The summed E-state index contributed by atoms with van der Waals surface area (Å²) in [6.45, 7) is 5.59. The average molecular weight is 422 g/mol. The third-order valence-corrected chi connectivity index (χ3v) is 7.56. The number of aliphatic hydroxyl groups is 1. The Kier molecular flexibility index (Phi) is 7.35. The molecule has 1 heterocycles. The second-order valence-electron chi connectivity index (χ2n) is 10.2. The van der Waals surface area contributed by atoms with Crippen LogP contribution in [0.25, 0.3) is 0 Å². The maximum atomic E-state index is 11.2. The molecular weight excluding hydrogens is 382 g/mol. The van der Waals surface area contributed by atoms with Gasteiger partial charge in [0.1, 0.15) is 5.75 Å². The average Bonchev–Trinajstić information content (AvgIpc) is 3.25. The van der Waals surface area contributed by atoms with Crippen molar-refractivity contribution in [2.24, 2.45) is 11.8 Å². The van der Waals surface area contributed by atoms with Crippen LogP contribution in [-0.4, -0.2) is 40.3 Å². The Balaban J connectivity index is 1.34. The Morgan fingerprint density at radius 2 is 1.61 bits per heavy atom. The lowest BCUT2D eigenvalue weighted by Gasteiger charge is -2.28. The zero-order valence-corrected chi connectivity index (χ0v) is 19.0. The van der Waals surface area contributed by atoms with E-state index < -0.39 is 5.60 Å². The van der Waals surface area contributed by atoms with Crippen molar-refractivity contribution in [1.29, 1.82) is 0 Å². The highest BCUT2D eigenvalue weighted by Gasteiger charge is 2.48. The summed E-state index contributed by atoms with van der Waals surface area (Å²) in [4.78, 5) is 2.65. The molecule has 168 valence electrons. The molecule has 2 fully saturated rings. The zero-order chi connectivity index (χ0) is 21.7. The number of hydrogen-bond donors (Lipinski definition) is 2. The van der Waals surface area contributed by atoms with Gasteiger partial charge in [0, 0.05) is 26.1 Å². The molecule has 3 heteroatoms. The van der Waals surface area contributed by atoms with Crippen molar-refractivity contribution in [3.8, 4) is 5.75 Å². The molecule has 31 heavy (non-hydrogen) atoms. The van der Waals surface area contributed by atoms with E-state index in [-0.39, 0.29) is 0 Å². The number of nitrogens with zero attached hydrogens (tertiary/aromatic N) is 1. The van der Waals surface area contributed by atoms with E-state index in [4.69, 9.17) is 0 Å². The summed E-state index contributed by atoms with van der Waals surface area (Å²) < 4.78 is 0. The number of phenols is 1. The van der Waals surface area contributed by atoms with E-state index in [0.717, 1.165) is 38.9 Å². The molecule has 1 aliphatic carbocycles. The number of phenolic OH excluding ortho intramolecular Hbond substituents is 1. The van der Waals surface area contributed by atoms with Gasteiger partial charge in [0.15, 0.2) is 0 Å². The van der Waals surface area contributed by atoms with Gasteiger partial charge < -0.3 is 15.1 Å². The normalized spacial score (nSPS) is 26.8. The van der Waals surface area contributed by atoms with Gasteiger partial charge in [-0.3, -0.25) is 0 Å². The first kappa shape index (κ1) is 22.4. The Bertz CT molecular complexity index is 790. The Labute approximate surface area is 188 Å². The first-order valence-electron chi connectivity index (χ1n) is 12.3. The van der Waals surface area contributed by atoms with Crippen molar-refractivity contribution in [1.82, 2.24) is 4.90 Å². The highest BCUT2D eigenvalue weighted by Crippen LogP contribution is 2.45. The summed E-state index contributed by atoms with van der Waals surface area (Å²) in [7, 11) is 0. The minimum Gasteiger partial charge on any atom is -0.508 e. The van der Waals surface area contributed by atoms with Crippen LogP contribution in [0.5, 0.6) is 5.75 Å². The number of aromatic hydroxyl groups is 1. The molecule has 1 saturated carbocycles. The molecule has 0 radical (unpaired) electrons. The van der Waals surface area contributed by atoms with Crippen molar-refractivity contribution >= 4 is 0 Å². The van der Waals surface area contributed by atoms with Crippen molar-refractivity contribution in [2.45, 2.75) is 69.8 Å². The quantitative estimate of drug-likeness (QED) is 0.479. The molecule has 0 spiro atoms. The van der Waals surface area contributed by atoms with Crippen LogP contribution in [0.15, 0.2) is 54.6 Å². The molecule has 4 atom stereocenters. The van der Waals surface area contributed by atoms with E-state index in [9.17, 15) is 10.2 Å². The van der Waals surface area contributed by atoms with Crippen LogP contribution in [0.1, 0.15) is 68.9 Å². The standard InChI is InChI=1S/C28H39NO2/c1-2-3-4-8-11-24(23-12-14-27(30)15-13-23)19-29-20-25-17-28(31,18-26(25)21-29)16-22-9-6-5-7-10-22/h5-7,9-10,12-15,24-26,30-31H,2-4,8,11,16-21H2,1H3/t24?,25-,26+,28?. The molecule has 2 aliphatic rings. The molecular formula is C28H39NO2. The fraction of sp³-hybridized carbons (Fsp3) is 0.571. The fourth-order valence-corrected chi connectivity index (χ4v) is 6.07. The maximum absolute atomic E-state index is 11.2. The second-order valence-corrected chi connectivity index (χ2v) is 10.2. The van der Waals surface area contributed by atoms with Crippen molar-refractivity contribution in [2.75, 3.05) is 19.6 Å². The molecule has 2 aromatic carbocycles. The van der Waals surface area contributed by atoms with Crippen LogP contribution in [-0.2, 0) is 6.42 Å². The number of rotatable bonds is 10. The predicted octanol–water partition coefficient (Wildman–Crippen LogP) is 5.76. The van der Waals surface area contributed by atoms with Crippen molar-refractivity contribution in [3.63, 3.8) is 0 Å². The SMILES string of the molecule is CCCCCCC(CN1C[C@@H]2CC(O)(Cc3ccccc3)C[C@@H]2C1)c1ccc(O)cc1. The van der Waals surface area contributed by atoms with Crippen molar-refractivity contribution in [3.05, 3.63) is 65.7 Å². The highest BCUT2D eigenvalue weighted by atomic mass is 16.3. The Morgan fingerprint density at radius 3 is 2.26 bits per heavy atom. The molecule has 2 unspecified atom stereocenters. The van der Waals surface area contributed by atoms with Crippen LogP contribution in [0.4, 0.5) is 0 Å². The van der Waals surface area contributed by atoms with E-state index >= 15 is 0 Å². The van der Waals surface area contributed by atoms with E-state index in [1.165, 1.54) is 43.2 Å². The minimum absolute atomic E-state index is 0.349. The fourth-order valence-electron chi connectivity index (χ4n) is 6.07. The van der Waals surface area contributed by atoms with Gasteiger partial charge in [0.25, 0.3) is 0 Å². The topological polar surface area (TPSA) is 43.7 Å². The van der Waals surface area contributed by atoms with Gasteiger partial charge >= 0.3 is 0 Å². The third-order valence-electron chi connectivity index (χ3n) is 7.56. The smallest absolute Gasteiger partial charge is 0.115 e. The summed E-state index contributed by atoms with van der Waals surface area (Å²) in [6.07, 6.45) is 9.04. The van der Waals surface area contributed by atoms with Crippen LogP contribution >= 0.6 is 0 Å². The predicted molar refractivity (Wildman–Crippen MR) is 127 cm³/mol. The molecule has 0 aromatic heterocycles. The van der Waals surface area contributed by atoms with E-state index in [0.29, 0.717) is 23.5 Å². The number of unbranched alkanes of at least 4 members (excludes halogenated alkanes) is 3. The largest absolute Gasteiger partial charge is 0.508 e. The van der Waals surface area contributed by atoms with E-state index in [2.05, 4.69) is 48.2 Å². The van der Waals surface area contributed by atoms with Gasteiger partial charge in [-0.15, -0.1) is 0 Å². The van der Waals surface area contributed by atoms with Gasteiger partial charge in [-0.05, 0) is 60.3 Å². The molecule has 0 bridgehead atoms. The minimum atomic E-state index is -0.528. The lowest BCUT2D eigenvalue weighted by Crippen LogP contribution is -2.33. The van der Waals surface area contributed by atoms with Gasteiger partial charge in [0.05, 0.1) is 5.60 Å². The number of hydrogen-bond acceptors (Lipinski definition) is 3. The number of benzene rings is 2. The van der Waals surface area contributed by atoms with Gasteiger partial charge in [-0.2, -0.15) is 0 Å². The molecule has 3 nitrogen and oxygen atoms in total.